The van der Waals surface area contributed by atoms with Crippen LogP contribution in [0.4, 0.5) is 8.78 Å². The van der Waals surface area contributed by atoms with Gasteiger partial charge in [-0.15, -0.1) is 0 Å². The van der Waals surface area contributed by atoms with Gasteiger partial charge in [0.1, 0.15) is 0 Å². The second kappa shape index (κ2) is 4.86. The standard InChI is InChI=1S/C11H12F2O/c1-8-9(4-2-3-7-14)5-6-10(12)11(8)13/h2,4-6,14H,3,7H2,1H3. The fourth-order valence-electron chi connectivity index (χ4n) is 1.13. The zero-order valence-electron chi connectivity index (χ0n) is 7.93. The Morgan fingerprint density at radius 2 is 2.07 bits per heavy atom. The van der Waals surface area contributed by atoms with Crippen LogP contribution in [0.1, 0.15) is 17.5 Å². The third kappa shape index (κ3) is 2.39. The quantitative estimate of drug-likeness (QED) is 0.791. The summed E-state index contributed by atoms with van der Waals surface area (Å²) in [6, 6.07) is 2.61. The van der Waals surface area contributed by atoms with E-state index in [0.29, 0.717) is 17.5 Å². The molecular weight excluding hydrogens is 186 g/mol. The Morgan fingerprint density at radius 3 is 2.71 bits per heavy atom. The van der Waals surface area contributed by atoms with E-state index in [0.717, 1.165) is 6.07 Å². The van der Waals surface area contributed by atoms with Crippen molar-refractivity contribution in [2.24, 2.45) is 0 Å². The van der Waals surface area contributed by atoms with Crippen molar-refractivity contribution in [2.75, 3.05) is 6.61 Å². The summed E-state index contributed by atoms with van der Waals surface area (Å²) in [7, 11) is 0. The van der Waals surface area contributed by atoms with Crippen molar-refractivity contribution in [3.05, 3.63) is 41.0 Å². The molecule has 1 aromatic carbocycles. The molecule has 0 saturated heterocycles. The maximum atomic E-state index is 13.0. The number of benzene rings is 1. The van der Waals surface area contributed by atoms with E-state index in [9.17, 15) is 8.78 Å². The maximum absolute atomic E-state index is 13.0. The Labute approximate surface area is 81.7 Å². The van der Waals surface area contributed by atoms with Crippen LogP contribution in [0.25, 0.3) is 6.08 Å². The molecule has 76 valence electrons. The Morgan fingerprint density at radius 1 is 1.36 bits per heavy atom. The van der Waals surface area contributed by atoms with Gasteiger partial charge in [-0.3, -0.25) is 0 Å². The summed E-state index contributed by atoms with van der Waals surface area (Å²) in [5.74, 6) is -1.64. The van der Waals surface area contributed by atoms with Crippen molar-refractivity contribution in [3.63, 3.8) is 0 Å². The average molecular weight is 198 g/mol. The minimum absolute atomic E-state index is 0.0548. The molecule has 1 nitrogen and oxygen atoms in total. The van der Waals surface area contributed by atoms with Crippen LogP contribution in [-0.2, 0) is 0 Å². The van der Waals surface area contributed by atoms with Gasteiger partial charge in [-0.2, -0.15) is 0 Å². The van der Waals surface area contributed by atoms with Crippen LogP contribution in [0.2, 0.25) is 0 Å². The summed E-state index contributed by atoms with van der Waals surface area (Å²) in [6.45, 7) is 1.58. The van der Waals surface area contributed by atoms with Gasteiger partial charge in [-0.1, -0.05) is 18.2 Å². The summed E-state index contributed by atoms with van der Waals surface area (Å²) in [4.78, 5) is 0. The monoisotopic (exact) mass is 198 g/mol. The van der Waals surface area contributed by atoms with Crippen molar-refractivity contribution >= 4 is 6.08 Å². The zero-order chi connectivity index (χ0) is 10.6. The van der Waals surface area contributed by atoms with Crippen molar-refractivity contribution in [2.45, 2.75) is 13.3 Å². The van der Waals surface area contributed by atoms with E-state index in [-0.39, 0.29) is 6.61 Å². The Bertz CT molecular complexity index is 345. The van der Waals surface area contributed by atoms with E-state index >= 15 is 0 Å². The zero-order valence-corrected chi connectivity index (χ0v) is 7.93. The molecule has 0 aliphatic heterocycles. The molecule has 1 N–H and O–H groups in total. The van der Waals surface area contributed by atoms with Gasteiger partial charge in [0.15, 0.2) is 11.6 Å². The van der Waals surface area contributed by atoms with Crippen LogP contribution in [-0.4, -0.2) is 11.7 Å². The highest BCUT2D eigenvalue weighted by Gasteiger charge is 2.06. The Hall–Kier alpha value is -1.22. The first-order valence-corrected chi connectivity index (χ1v) is 4.39. The molecule has 0 saturated carbocycles. The first-order valence-electron chi connectivity index (χ1n) is 4.39. The highest BCUT2D eigenvalue weighted by atomic mass is 19.2. The lowest BCUT2D eigenvalue weighted by Crippen LogP contribution is -1.91. The van der Waals surface area contributed by atoms with Gasteiger partial charge in [0.05, 0.1) is 0 Å². The number of hydrogen-bond donors (Lipinski definition) is 1. The van der Waals surface area contributed by atoms with E-state index < -0.39 is 11.6 Å². The first kappa shape index (κ1) is 10.9. The molecule has 0 bridgehead atoms. The molecule has 0 fully saturated rings. The van der Waals surface area contributed by atoms with Gasteiger partial charge in [0.2, 0.25) is 0 Å². The van der Waals surface area contributed by atoms with Gasteiger partial charge in [-0.25, -0.2) is 8.78 Å². The maximum Gasteiger partial charge on any atom is 0.162 e. The van der Waals surface area contributed by atoms with Crippen LogP contribution >= 0.6 is 0 Å². The lowest BCUT2D eigenvalue weighted by molar-refractivity contribution is 0.303. The first-order chi connectivity index (χ1) is 6.66. The number of rotatable bonds is 3. The van der Waals surface area contributed by atoms with Crippen LogP contribution < -0.4 is 0 Å². The molecule has 0 aliphatic rings. The Kier molecular flexibility index (Phi) is 3.77. The third-order valence-electron chi connectivity index (χ3n) is 1.97. The third-order valence-corrected chi connectivity index (χ3v) is 1.97. The van der Waals surface area contributed by atoms with Gasteiger partial charge in [0, 0.05) is 6.61 Å². The number of aliphatic hydroxyl groups is 1. The molecule has 0 amide bonds. The van der Waals surface area contributed by atoms with E-state index in [4.69, 9.17) is 5.11 Å². The summed E-state index contributed by atoms with van der Waals surface area (Å²) in [5.41, 5.74) is 0.927. The van der Waals surface area contributed by atoms with Gasteiger partial charge in [0.25, 0.3) is 0 Å². The Balaban J connectivity index is 2.94. The lowest BCUT2D eigenvalue weighted by Gasteiger charge is -2.02. The summed E-state index contributed by atoms with van der Waals surface area (Å²) < 4.78 is 25.8. The number of aliphatic hydroxyl groups excluding tert-OH is 1. The molecule has 0 radical (unpaired) electrons. The van der Waals surface area contributed by atoms with Crippen LogP contribution in [0.3, 0.4) is 0 Å². The van der Waals surface area contributed by atoms with Crippen molar-refractivity contribution in [3.8, 4) is 0 Å². The second-order valence-corrected chi connectivity index (χ2v) is 2.99. The summed E-state index contributed by atoms with van der Waals surface area (Å²) >= 11 is 0. The topological polar surface area (TPSA) is 20.2 Å². The number of halogens is 2. The van der Waals surface area contributed by atoms with E-state index in [1.54, 1.807) is 12.2 Å². The molecule has 0 aliphatic carbocycles. The normalized spacial score (nSPS) is 11.1. The SMILES string of the molecule is Cc1c(C=CCCO)ccc(F)c1F. The highest BCUT2D eigenvalue weighted by molar-refractivity contribution is 5.53. The molecule has 14 heavy (non-hydrogen) atoms. The predicted molar refractivity (Wildman–Crippen MR) is 51.8 cm³/mol. The largest absolute Gasteiger partial charge is 0.396 e. The molecule has 0 heterocycles. The van der Waals surface area contributed by atoms with Crippen molar-refractivity contribution in [1.29, 1.82) is 0 Å². The van der Waals surface area contributed by atoms with Gasteiger partial charge >= 0.3 is 0 Å². The predicted octanol–water partition coefficient (Wildman–Crippen LogP) is 2.67. The second-order valence-electron chi connectivity index (χ2n) is 2.99. The minimum atomic E-state index is -0.832. The van der Waals surface area contributed by atoms with Crippen LogP contribution in [0.15, 0.2) is 18.2 Å². The lowest BCUT2D eigenvalue weighted by atomic mass is 10.1. The minimum Gasteiger partial charge on any atom is -0.396 e. The van der Waals surface area contributed by atoms with Crippen LogP contribution in [0, 0.1) is 18.6 Å². The van der Waals surface area contributed by atoms with E-state index in [1.165, 1.54) is 13.0 Å². The highest BCUT2D eigenvalue weighted by Crippen LogP contribution is 2.17. The fourth-order valence-corrected chi connectivity index (χ4v) is 1.13. The molecular formula is C11H12F2O. The van der Waals surface area contributed by atoms with E-state index in [1.807, 2.05) is 0 Å². The molecule has 0 aromatic heterocycles. The molecule has 3 heteroatoms. The van der Waals surface area contributed by atoms with Crippen molar-refractivity contribution < 1.29 is 13.9 Å². The smallest absolute Gasteiger partial charge is 0.162 e. The molecule has 0 unspecified atom stereocenters. The summed E-state index contributed by atoms with van der Waals surface area (Å²) in [5, 5.41) is 8.53. The summed E-state index contributed by atoms with van der Waals surface area (Å²) in [6.07, 6.45) is 3.91. The fraction of sp³-hybridized carbons (Fsp3) is 0.273. The van der Waals surface area contributed by atoms with Crippen LogP contribution in [0.5, 0.6) is 0 Å². The average Bonchev–Trinajstić information content (AvgIpc) is 2.18. The van der Waals surface area contributed by atoms with Crippen molar-refractivity contribution in [1.82, 2.24) is 0 Å². The molecule has 0 atom stereocenters. The molecule has 1 rings (SSSR count). The van der Waals surface area contributed by atoms with E-state index in [2.05, 4.69) is 0 Å². The van der Waals surface area contributed by atoms with Gasteiger partial charge < -0.3 is 5.11 Å². The molecule has 1 aromatic rings. The van der Waals surface area contributed by atoms with Gasteiger partial charge in [-0.05, 0) is 30.5 Å². The molecule has 0 spiro atoms. The number of hydrogen-bond acceptors (Lipinski definition) is 1.